The van der Waals surface area contributed by atoms with Crippen molar-refractivity contribution < 1.29 is 9.13 Å². The van der Waals surface area contributed by atoms with E-state index in [4.69, 9.17) is 27.9 Å². The summed E-state index contributed by atoms with van der Waals surface area (Å²) in [5.74, 6) is 0.114. The van der Waals surface area contributed by atoms with Crippen molar-refractivity contribution in [3.63, 3.8) is 0 Å². The van der Waals surface area contributed by atoms with E-state index in [1.807, 2.05) is 0 Å². The molecule has 2 aromatic heterocycles. The molecular weight excluding hydrogens is 354 g/mol. The van der Waals surface area contributed by atoms with E-state index in [1.54, 1.807) is 13.1 Å². The molecule has 0 aromatic carbocycles. The predicted molar refractivity (Wildman–Crippen MR) is 92.6 cm³/mol. The van der Waals surface area contributed by atoms with Gasteiger partial charge in [-0.2, -0.15) is 0 Å². The highest BCUT2D eigenvalue weighted by atomic mass is 35.5. The third kappa shape index (κ3) is 2.44. The van der Waals surface area contributed by atoms with Crippen LogP contribution in [0.15, 0.2) is 6.20 Å². The minimum absolute atomic E-state index is 0.149. The first-order valence-electron chi connectivity index (χ1n) is 7.81. The van der Waals surface area contributed by atoms with Gasteiger partial charge in [0.1, 0.15) is 11.0 Å². The number of ether oxygens (including phenoxy) is 1. The van der Waals surface area contributed by atoms with Crippen LogP contribution in [0.4, 0.5) is 10.2 Å². The molecule has 128 valence electrons. The molecule has 0 spiro atoms. The van der Waals surface area contributed by atoms with Gasteiger partial charge in [0.15, 0.2) is 11.0 Å². The summed E-state index contributed by atoms with van der Waals surface area (Å²) in [6.45, 7) is 4.68. The molecule has 2 aliphatic rings. The van der Waals surface area contributed by atoms with E-state index < -0.39 is 5.82 Å². The van der Waals surface area contributed by atoms with Crippen LogP contribution in [0.5, 0.6) is 0 Å². The number of hydrogen-bond acceptors (Lipinski definition) is 5. The first kappa shape index (κ1) is 16.3. The van der Waals surface area contributed by atoms with Gasteiger partial charge in [0.2, 0.25) is 0 Å². The molecule has 2 fully saturated rings. The Bertz CT molecular complexity index is 796. The lowest BCUT2D eigenvalue weighted by Gasteiger charge is -2.49. The van der Waals surface area contributed by atoms with Crippen molar-refractivity contribution in [3.05, 3.63) is 27.9 Å². The van der Waals surface area contributed by atoms with Gasteiger partial charge in [0.25, 0.3) is 0 Å². The number of morpholine rings is 1. The third-order valence-electron chi connectivity index (χ3n) is 4.80. The zero-order valence-electron chi connectivity index (χ0n) is 13.4. The van der Waals surface area contributed by atoms with Gasteiger partial charge < -0.3 is 14.5 Å². The van der Waals surface area contributed by atoms with E-state index in [2.05, 4.69) is 26.8 Å². The van der Waals surface area contributed by atoms with Crippen LogP contribution < -0.4 is 4.90 Å². The molecule has 0 N–H and O–H groups in total. The van der Waals surface area contributed by atoms with Crippen LogP contribution in [0.3, 0.4) is 0 Å². The number of piperazine rings is 1. The Hall–Kier alpha value is -1.21. The van der Waals surface area contributed by atoms with Crippen LogP contribution in [0.2, 0.25) is 10.3 Å². The molecule has 2 unspecified atom stereocenters. The summed E-state index contributed by atoms with van der Waals surface area (Å²) in [5.41, 5.74) is 0.577. The molecule has 0 saturated carbocycles. The summed E-state index contributed by atoms with van der Waals surface area (Å²) in [6, 6.07) is 0.298. The summed E-state index contributed by atoms with van der Waals surface area (Å²) in [7, 11) is 2.09. The number of pyridine rings is 2. The van der Waals surface area contributed by atoms with Gasteiger partial charge >= 0.3 is 0 Å². The van der Waals surface area contributed by atoms with Crippen molar-refractivity contribution >= 4 is 39.8 Å². The van der Waals surface area contributed by atoms with E-state index in [0.29, 0.717) is 35.4 Å². The molecule has 2 atom stereocenters. The predicted octanol–water partition coefficient (Wildman–Crippen LogP) is 2.90. The van der Waals surface area contributed by atoms with Gasteiger partial charge in [0, 0.05) is 30.1 Å². The van der Waals surface area contributed by atoms with E-state index in [0.717, 1.165) is 13.1 Å². The Kier molecular flexibility index (Phi) is 4.03. The lowest BCUT2D eigenvalue weighted by molar-refractivity contribution is 0.0225. The number of anilines is 1. The number of aromatic nitrogens is 2. The molecular formula is C16H17Cl2FN4O. The van der Waals surface area contributed by atoms with Gasteiger partial charge in [-0.25, -0.2) is 14.4 Å². The Morgan fingerprint density at radius 1 is 1.21 bits per heavy atom. The van der Waals surface area contributed by atoms with Crippen molar-refractivity contribution in [2.75, 3.05) is 38.3 Å². The van der Waals surface area contributed by atoms with E-state index in [9.17, 15) is 4.39 Å². The lowest BCUT2D eigenvalue weighted by Crippen LogP contribution is -2.64. The Morgan fingerprint density at radius 3 is 2.54 bits per heavy atom. The van der Waals surface area contributed by atoms with E-state index >= 15 is 0 Å². The van der Waals surface area contributed by atoms with Crippen LogP contribution in [-0.4, -0.2) is 60.3 Å². The van der Waals surface area contributed by atoms with Gasteiger partial charge in [-0.15, -0.1) is 0 Å². The average Bonchev–Trinajstić information content (AvgIpc) is 2.53. The summed E-state index contributed by atoms with van der Waals surface area (Å²) < 4.78 is 20.3. The van der Waals surface area contributed by atoms with E-state index in [-0.39, 0.29) is 22.4 Å². The van der Waals surface area contributed by atoms with Gasteiger partial charge in [0.05, 0.1) is 25.3 Å². The van der Waals surface area contributed by atoms with Crippen molar-refractivity contribution in [1.29, 1.82) is 0 Å². The van der Waals surface area contributed by atoms with Gasteiger partial charge in [-0.3, -0.25) is 0 Å². The maximum atomic E-state index is 14.6. The number of rotatable bonds is 1. The average molecular weight is 371 g/mol. The van der Waals surface area contributed by atoms with E-state index in [1.165, 1.54) is 0 Å². The summed E-state index contributed by atoms with van der Waals surface area (Å²) in [5, 5.41) is 1.17. The number of likely N-dealkylation sites (N-methyl/N-ethyl adjacent to an activating group) is 1. The van der Waals surface area contributed by atoms with Crippen molar-refractivity contribution in [1.82, 2.24) is 14.9 Å². The molecule has 4 rings (SSSR count). The largest absolute Gasteiger partial charge is 0.377 e. The van der Waals surface area contributed by atoms with Crippen LogP contribution in [0, 0.1) is 12.7 Å². The molecule has 0 radical (unpaired) electrons. The Labute approximate surface area is 149 Å². The summed E-state index contributed by atoms with van der Waals surface area (Å²) >= 11 is 12.2. The first-order chi connectivity index (χ1) is 11.5. The number of nitrogens with zero attached hydrogens (tertiary/aromatic N) is 4. The second kappa shape index (κ2) is 5.95. The minimum atomic E-state index is -0.548. The van der Waals surface area contributed by atoms with Crippen LogP contribution in [0.25, 0.3) is 10.8 Å². The lowest BCUT2D eigenvalue weighted by atomic mass is 10.0. The SMILES string of the molecule is Cc1c(Cl)nc(N2C3COCC2CN(C)C3)c2cnc(Cl)c(F)c12. The second-order valence-corrected chi connectivity index (χ2v) is 7.19. The molecule has 5 nitrogen and oxygen atoms in total. The molecule has 24 heavy (non-hydrogen) atoms. The fraction of sp³-hybridized carbons (Fsp3) is 0.500. The normalized spacial score (nSPS) is 24.6. The molecule has 0 aliphatic carbocycles. The van der Waals surface area contributed by atoms with Gasteiger partial charge in [-0.1, -0.05) is 23.2 Å². The van der Waals surface area contributed by atoms with Crippen LogP contribution in [0.1, 0.15) is 5.56 Å². The van der Waals surface area contributed by atoms with Crippen molar-refractivity contribution in [2.45, 2.75) is 19.0 Å². The molecule has 4 heterocycles. The molecule has 0 amide bonds. The third-order valence-corrected chi connectivity index (χ3v) is 5.43. The zero-order valence-corrected chi connectivity index (χ0v) is 14.9. The highest BCUT2D eigenvalue weighted by molar-refractivity contribution is 6.32. The number of halogens is 3. The monoisotopic (exact) mass is 370 g/mol. The highest BCUT2D eigenvalue weighted by Crippen LogP contribution is 2.37. The molecule has 2 bridgehead atoms. The van der Waals surface area contributed by atoms with Crippen LogP contribution >= 0.6 is 23.2 Å². The quantitative estimate of drug-likeness (QED) is 0.722. The number of aryl methyl sites for hydroxylation is 1. The first-order valence-corrected chi connectivity index (χ1v) is 8.57. The number of hydrogen-bond donors (Lipinski definition) is 0. The molecule has 8 heteroatoms. The standard InChI is InChI=1S/C16H17Cl2FN4O/c1-8-12-11(3-20-15(18)13(12)19)16(21-14(8)17)23-9-4-22(2)5-10(23)7-24-6-9/h3,9-10H,4-7H2,1-2H3. The Balaban J connectivity index is 1.94. The number of fused-ring (bicyclic) bond motifs is 3. The van der Waals surface area contributed by atoms with Crippen molar-refractivity contribution in [2.24, 2.45) is 0 Å². The van der Waals surface area contributed by atoms with Crippen LogP contribution in [-0.2, 0) is 4.74 Å². The maximum absolute atomic E-state index is 14.6. The fourth-order valence-corrected chi connectivity index (χ4v) is 4.07. The minimum Gasteiger partial charge on any atom is -0.377 e. The molecule has 2 aromatic rings. The smallest absolute Gasteiger partial charge is 0.168 e. The maximum Gasteiger partial charge on any atom is 0.168 e. The van der Waals surface area contributed by atoms with Gasteiger partial charge in [-0.05, 0) is 19.5 Å². The summed E-state index contributed by atoms with van der Waals surface area (Å²) in [6.07, 6.45) is 1.58. The molecule has 2 saturated heterocycles. The molecule has 2 aliphatic heterocycles. The van der Waals surface area contributed by atoms with Crippen molar-refractivity contribution in [3.8, 4) is 0 Å². The fourth-order valence-electron chi connectivity index (χ4n) is 3.76. The topological polar surface area (TPSA) is 41.5 Å². The zero-order chi connectivity index (χ0) is 17.0. The second-order valence-electron chi connectivity index (χ2n) is 6.48. The Morgan fingerprint density at radius 2 is 1.88 bits per heavy atom. The highest BCUT2D eigenvalue weighted by Gasteiger charge is 2.39. The summed E-state index contributed by atoms with van der Waals surface area (Å²) in [4.78, 5) is 13.0.